The van der Waals surface area contributed by atoms with Gasteiger partial charge in [0.05, 0.1) is 0 Å². The Balaban J connectivity index is 1.86. The third kappa shape index (κ3) is 3.13. The molecule has 0 saturated heterocycles. The molecule has 3 rings (SSSR count). The first-order chi connectivity index (χ1) is 10.2. The third-order valence-electron chi connectivity index (χ3n) is 3.55. The number of nitrogens with zero attached hydrogens (tertiary/aromatic N) is 3. The van der Waals surface area contributed by atoms with Crippen LogP contribution < -0.4 is 4.90 Å². The molecule has 2 aromatic rings. The lowest BCUT2D eigenvalue weighted by Gasteiger charge is -2.17. The number of rotatable bonds is 5. The second-order valence-electron chi connectivity index (χ2n) is 5.52. The fraction of sp³-hybridized carbons (Fsp3) is 0.438. The standard InChI is InChI=1S/C16H19N3OS/c1-3-9-19(15(20)12-7-8-12)16-18-17-14(21-16)13-6-4-5-11(2)10-13/h4-6,10,12H,3,7-9H2,1-2H3. The summed E-state index contributed by atoms with van der Waals surface area (Å²) in [5.74, 6) is 0.423. The van der Waals surface area contributed by atoms with Crippen LogP contribution in [0.1, 0.15) is 31.7 Å². The van der Waals surface area contributed by atoms with Gasteiger partial charge in [-0.3, -0.25) is 9.69 Å². The Morgan fingerprint density at radius 2 is 2.19 bits per heavy atom. The molecule has 0 aliphatic heterocycles. The topological polar surface area (TPSA) is 46.1 Å². The molecule has 5 heteroatoms. The summed E-state index contributed by atoms with van der Waals surface area (Å²) in [6.07, 6.45) is 2.96. The minimum absolute atomic E-state index is 0.211. The van der Waals surface area contributed by atoms with Gasteiger partial charge in [-0.25, -0.2) is 0 Å². The number of carbonyl (C=O) groups is 1. The van der Waals surface area contributed by atoms with Crippen molar-refractivity contribution in [3.05, 3.63) is 29.8 Å². The van der Waals surface area contributed by atoms with Crippen LogP contribution in [0.3, 0.4) is 0 Å². The second-order valence-corrected chi connectivity index (χ2v) is 6.48. The summed E-state index contributed by atoms with van der Waals surface area (Å²) in [6.45, 7) is 4.86. The molecule has 0 radical (unpaired) electrons. The number of aryl methyl sites for hydroxylation is 1. The predicted molar refractivity (Wildman–Crippen MR) is 85.5 cm³/mol. The molecule has 1 aliphatic carbocycles. The van der Waals surface area contributed by atoms with Gasteiger partial charge < -0.3 is 0 Å². The van der Waals surface area contributed by atoms with E-state index < -0.39 is 0 Å². The normalized spacial score (nSPS) is 14.2. The van der Waals surface area contributed by atoms with E-state index in [2.05, 4.69) is 36.2 Å². The summed E-state index contributed by atoms with van der Waals surface area (Å²) in [5, 5.41) is 10.1. The van der Waals surface area contributed by atoms with Crippen molar-refractivity contribution in [2.45, 2.75) is 33.1 Å². The molecule has 1 aliphatic rings. The lowest BCUT2D eigenvalue weighted by Crippen LogP contribution is -2.32. The number of amides is 1. The highest BCUT2D eigenvalue weighted by atomic mass is 32.1. The number of hydrogen-bond acceptors (Lipinski definition) is 4. The van der Waals surface area contributed by atoms with E-state index >= 15 is 0 Å². The largest absolute Gasteiger partial charge is 0.286 e. The van der Waals surface area contributed by atoms with E-state index in [-0.39, 0.29) is 11.8 Å². The molecule has 0 atom stereocenters. The fourth-order valence-electron chi connectivity index (χ4n) is 2.29. The Kier molecular flexibility index (Phi) is 4.01. The van der Waals surface area contributed by atoms with E-state index in [9.17, 15) is 4.79 Å². The molecule has 0 spiro atoms. The average Bonchev–Trinajstić information content (AvgIpc) is 3.22. The molecule has 1 saturated carbocycles. The van der Waals surface area contributed by atoms with Gasteiger partial charge in [-0.1, -0.05) is 42.0 Å². The lowest BCUT2D eigenvalue weighted by molar-refractivity contribution is -0.119. The van der Waals surface area contributed by atoms with Crippen molar-refractivity contribution in [3.8, 4) is 10.6 Å². The molecular weight excluding hydrogens is 282 g/mol. The monoisotopic (exact) mass is 301 g/mol. The van der Waals surface area contributed by atoms with Gasteiger partial charge in [0, 0.05) is 18.0 Å². The van der Waals surface area contributed by atoms with Gasteiger partial charge in [-0.15, -0.1) is 10.2 Å². The number of hydrogen-bond donors (Lipinski definition) is 0. The summed E-state index contributed by atoms with van der Waals surface area (Å²) in [5.41, 5.74) is 2.26. The summed E-state index contributed by atoms with van der Waals surface area (Å²) in [6, 6.07) is 8.21. The van der Waals surface area contributed by atoms with Crippen LogP contribution in [0.4, 0.5) is 5.13 Å². The van der Waals surface area contributed by atoms with Crippen LogP contribution in [-0.2, 0) is 4.79 Å². The molecule has 0 unspecified atom stereocenters. The van der Waals surface area contributed by atoms with Crippen LogP contribution >= 0.6 is 11.3 Å². The maximum absolute atomic E-state index is 12.4. The summed E-state index contributed by atoms with van der Waals surface area (Å²) < 4.78 is 0. The molecule has 110 valence electrons. The van der Waals surface area contributed by atoms with Crippen molar-refractivity contribution >= 4 is 22.4 Å². The highest BCUT2D eigenvalue weighted by Gasteiger charge is 2.35. The molecular formula is C16H19N3OS. The lowest BCUT2D eigenvalue weighted by atomic mass is 10.1. The maximum atomic E-state index is 12.4. The van der Waals surface area contributed by atoms with Crippen LogP contribution in [-0.4, -0.2) is 22.6 Å². The molecule has 1 aromatic heterocycles. The van der Waals surface area contributed by atoms with Crippen LogP contribution in [0.2, 0.25) is 0 Å². The summed E-state index contributed by atoms with van der Waals surface area (Å²) in [7, 11) is 0. The Morgan fingerprint density at radius 1 is 1.38 bits per heavy atom. The van der Waals surface area contributed by atoms with Crippen LogP contribution in [0, 0.1) is 12.8 Å². The maximum Gasteiger partial charge on any atom is 0.231 e. The smallest absolute Gasteiger partial charge is 0.231 e. The summed E-state index contributed by atoms with van der Waals surface area (Å²) >= 11 is 1.50. The van der Waals surface area contributed by atoms with Gasteiger partial charge in [0.2, 0.25) is 11.0 Å². The summed E-state index contributed by atoms with van der Waals surface area (Å²) in [4.78, 5) is 14.2. The molecule has 21 heavy (non-hydrogen) atoms. The van der Waals surface area contributed by atoms with E-state index in [1.165, 1.54) is 16.9 Å². The first-order valence-electron chi connectivity index (χ1n) is 7.41. The van der Waals surface area contributed by atoms with Crippen molar-refractivity contribution in [3.63, 3.8) is 0 Å². The molecule has 4 nitrogen and oxygen atoms in total. The Labute approximate surface area is 128 Å². The van der Waals surface area contributed by atoms with Gasteiger partial charge in [0.1, 0.15) is 5.01 Å². The van der Waals surface area contributed by atoms with Gasteiger partial charge in [0.15, 0.2) is 0 Å². The van der Waals surface area contributed by atoms with Crippen molar-refractivity contribution in [2.75, 3.05) is 11.4 Å². The number of aromatic nitrogens is 2. The Bertz CT molecular complexity index is 648. The van der Waals surface area contributed by atoms with Crippen LogP contribution in [0.15, 0.2) is 24.3 Å². The zero-order valence-electron chi connectivity index (χ0n) is 12.4. The van der Waals surface area contributed by atoms with Gasteiger partial charge >= 0.3 is 0 Å². The van der Waals surface area contributed by atoms with Gasteiger partial charge in [-0.05, 0) is 32.3 Å². The molecule has 1 amide bonds. The van der Waals surface area contributed by atoms with Crippen molar-refractivity contribution in [2.24, 2.45) is 5.92 Å². The second kappa shape index (κ2) is 5.93. The van der Waals surface area contributed by atoms with Crippen molar-refractivity contribution in [1.82, 2.24) is 10.2 Å². The van der Waals surface area contributed by atoms with Gasteiger partial charge in [-0.2, -0.15) is 0 Å². The Hall–Kier alpha value is -1.75. The van der Waals surface area contributed by atoms with Gasteiger partial charge in [0.25, 0.3) is 0 Å². The van der Waals surface area contributed by atoms with E-state index in [0.29, 0.717) is 0 Å². The quantitative estimate of drug-likeness (QED) is 0.846. The van der Waals surface area contributed by atoms with Crippen molar-refractivity contribution < 1.29 is 4.79 Å². The first kappa shape index (κ1) is 14.2. The number of anilines is 1. The van der Waals surface area contributed by atoms with Crippen molar-refractivity contribution in [1.29, 1.82) is 0 Å². The minimum Gasteiger partial charge on any atom is -0.286 e. The average molecular weight is 301 g/mol. The van der Waals surface area contributed by atoms with Crippen LogP contribution in [0.25, 0.3) is 10.6 Å². The minimum atomic E-state index is 0.211. The van der Waals surface area contributed by atoms with Crippen LogP contribution in [0.5, 0.6) is 0 Å². The SMILES string of the molecule is CCCN(C(=O)C1CC1)c1nnc(-c2cccc(C)c2)s1. The zero-order chi connectivity index (χ0) is 14.8. The zero-order valence-corrected chi connectivity index (χ0v) is 13.2. The number of carbonyl (C=O) groups excluding carboxylic acids is 1. The molecule has 0 N–H and O–H groups in total. The first-order valence-corrected chi connectivity index (χ1v) is 8.22. The fourth-order valence-corrected chi connectivity index (χ4v) is 3.17. The number of benzene rings is 1. The molecule has 0 bridgehead atoms. The Morgan fingerprint density at radius 3 is 2.86 bits per heavy atom. The van der Waals surface area contributed by atoms with E-state index in [4.69, 9.17) is 0 Å². The predicted octanol–water partition coefficient (Wildman–Crippen LogP) is 3.67. The highest BCUT2D eigenvalue weighted by molar-refractivity contribution is 7.18. The third-order valence-corrected chi connectivity index (χ3v) is 4.55. The molecule has 1 aromatic carbocycles. The van der Waals surface area contributed by atoms with E-state index in [1.807, 2.05) is 17.0 Å². The van der Waals surface area contributed by atoms with E-state index in [1.54, 1.807) is 0 Å². The molecule has 1 fully saturated rings. The van der Waals surface area contributed by atoms with E-state index in [0.717, 1.165) is 41.5 Å². The molecule has 1 heterocycles. The highest BCUT2D eigenvalue weighted by Crippen LogP contribution is 2.35.